The van der Waals surface area contributed by atoms with Gasteiger partial charge in [0.1, 0.15) is 5.69 Å². The molecule has 7 heteroatoms. The maximum absolute atomic E-state index is 13.2. The first-order valence-corrected chi connectivity index (χ1v) is 15.4. The number of hydrogen-bond acceptors (Lipinski definition) is 5. The van der Waals surface area contributed by atoms with Crippen LogP contribution in [0.2, 0.25) is 25.7 Å². The van der Waals surface area contributed by atoms with Crippen molar-refractivity contribution in [2.45, 2.75) is 77.1 Å². The first-order chi connectivity index (χ1) is 15.2. The fraction of sp³-hybridized carbons (Fsp3) is 0.538. The van der Waals surface area contributed by atoms with E-state index in [-0.39, 0.29) is 22.7 Å². The molecule has 0 atom stereocenters. The van der Waals surface area contributed by atoms with Crippen molar-refractivity contribution in [3.05, 3.63) is 53.1 Å². The zero-order valence-corrected chi connectivity index (χ0v) is 22.3. The molecule has 1 aliphatic rings. The number of benzene rings is 1. The van der Waals surface area contributed by atoms with Crippen LogP contribution in [0.25, 0.3) is 0 Å². The molecule has 2 aromatic rings. The van der Waals surface area contributed by atoms with Gasteiger partial charge in [-0.15, -0.1) is 0 Å². The van der Waals surface area contributed by atoms with Crippen molar-refractivity contribution in [3.8, 4) is 0 Å². The van der Waals surface area contributed by atoms with Crippen LogP contribution in [0.3, 0.4) is 0 Å². The molecule has 3 rings (SSSR count). The molecule has 33 heavy (non-hydrogen) atoms. The van der Waals surface area contributed by atoms with E-state index in [9.17, 15) is 9.59 Å². The van der Waals surface area contributed by atoms with Gasteiger partial charge in [0.15, 0.2) is 0 Å². The van der Waals surface area contributed by atoms with Crippen molar-refractivity contribution in [2.24, 2.45) is 0 Å². The molecule has 1 aromatic carbocycles. The summed E-state index contributed by atoms with van der Waals surface area (Å²) < 4.78 is 5.41. The lowest BCUT2D eigenvalue weighted by Gasteiger charge is -2.39. The summed E-state index contributed by atoms with van der Waals surface area (Å²) >= 11 is 0. The Kier molecular flexibility index (Phi) is 6.85. The smallest absolute Gasteiger partial charge is 0.338 e. The minimum atomic E-state index is -1.25. The number of esters is 1. The zero-order chi connectivity index (χ0) is 24.6. The highest BCUT2D eigenvalue weighted by molar-refractivity contribution is 6.76. The Morgan fingerprint density at radius 1 is 1.00 bits per heavy atom. The van der Waals surface area contributed by atoms with E-state index >= 15 is 0 Å². The monoisotopic (exact) mass is 467 g/mol. The van der Waals surface area contributed by atoms with Crippen LogP contribution in [-0.2, 0) is 15.6 Å². The number of ether oxygens (including phenoxy) is 1. The molecule has 0 radical (unpaired) electrons. The summed E-state index contributed by atoms with van der Waals surface area (Å²) in [6.45, 7) is 15.9. The standard InChI is InChI=1S/C26H37N3O3Si/c1-25(2)13-14-26(3,4)22-21(25)27-17-20(28-22)23(30)29(5)19-11-9-18(10-12-19)24(31)32-15-16-33(6,7)8/h9-12,17H,13-16H2,1-8H3. The average molecular weight is 468 g/mol. The number of hydrogen-bond donors (Lipinski definition) is 0. The van der Waals surface area contributed by atoms with Crippen molar-refractivity contribution in [1.82, 2.24) is 9.97 Å². The Labute approximate surface area is 198 Å². The van der Waals surface area contributed by atoms with Crippen molar-refractivity contribution < 1.29 is 14.3 Å². The van der Waals surface area contributed by atoms with Gasteiger partial charge in [0.25, 0.3) is 5.91 Å². The summed E-state index contributed by atoms with van der Waals surface area (Å²) in [7, 11) is 0.455. The maximum Gasteiger partial charge on any atom is 0.338 e. The molecule has 0 N–H and O–H groups in total. The van der Waals surface area contributed by atoms with E-state index in [0.29, 0.717) is 23.6 Å². The van der Waals surface area contributed by atoms with Gasteiger partial charge in [-0.25, -0.2) is 9.78 Å². The first-order valence-electron chi connectivity index (χ1n) is 11.6. The van der Waals surface area contributed by atoms with Gasteiger partial charge in [0, 0.05) is 31.6 Å². The molecule has 0 bridgehead atoms. The number of amides is 1. The quantitative estimate of drug-likeness (QED) is 0.409. The number of fused-ring (bicyclic) bond motifs is 1. The molecule has 1 aliphatic carbocycles. The van der Waals surface area contributed by atoms with Crippen molar-refractivity contribution in [1.29, 1.82) is 0 Å². The van der Waals surface area contributed by atoms with E-state index in [0.717, 1.165) is 30.3 Å². The highest BCUT2D eigenvalue weighted by Crippen LogP contribution is 2.43. The van der Waals surface area contributed by atoms with Crippen LogP contribution in [-0.4, -0.2) is 43.6 Å². The van der Waals surface area contributed by atoms with Crippen molar-refractivity contribution in [3.63, 3.8) is 0 Å². The van der Waals surface area contributed by atoms with Gasteiger partial charge in [0.2, 0.25) is 0 Å². The summed E-state index contributed by atoms with van der Waals surface area (Å²) in [6, 6.07) is 7.84. The topological polar surface area (TPSA) is 72.4 Å². The molecule has 0 saturated heterocycles. The highest BCUT2D eigenvalue weighted by Gasteiger charge is 2.40. The third kappa shape index (κ3) is 5.69. The SMILES string of the molecule is CN(C(=O)c1cnc2c(n1)C(C)(C)CCC2(C)C)c1ccc(C(=O)OCC[Si](C)(C)C)cc1. The van der Waals surface area contributed by atoms with Crippen molar-refractivity contribution >= 4 is 25.6 Å². The number of nitrogens with zero attached hydrogens (tertiary/aromatic N) is 3. The molecule has 6 nitrogen and oxygen atoms in total. The van der Waals surface area contributed by atoms with E-state index in [1.54, 1.807) is 37.5 Å². The summed E-state index contributed by atoms with van der Waals surface area (Å²) in [5.41, 5.74) is 3.21. The molecule has 1 amide bonds. The van der Waals surface area contributed by atoms with Crippen LogP contribution >= 0.6 is 0 Å². The third-order valence-electron chi connectivity index (χ3n) is 6.53. The molecule has 0 unspecified atom stereocenters. The van der Waals surface area contributed by atoms with Crippen LogP contribution in [0.15, 0.2) is 30.5 Å². The summed E-state index contributed by atoms with van der Waals surface area (Å²) in [4.78, 5) is 36.5. The molecule has 0 aliphatic heterocycles. The summed E-state index contributed by atoms with van der Waals surface area (Å²) in [6.07, 6.45) is 3.64. The lowest BCUT2D eigenvalue weighted by atomic mass is 9.67. The van der Waals surface area contributed by atoms with Gasteiger partial charge in [-0.3, -0.25) is 9.78 Å². The largest absolute Gasteiger partial charge is 0.462 e. The number of anilines is 1. The lowest BCUT2D eigenvalue weighted by molar-refractivity contribution is 0.0525. The second kappa shape index (κ2) is 9.01. The highest BCUT2D eigenvalue weighted by atomic mass is 28.3. The van der Waals surface area contributed by atoms with E-state index in [4.69, 9.17) is 9.72 Å². The minimum absolute atomic E-state index is 0.0508. The lowest BCUT2D eigenvalue weighted by Crippen LogP contribution is -2.37. The van der Waals surface area contributed by atoms with Gasteiger partial charge in [0.05, 0.1) is 29.8 Å². The predicted octanol–water partition coefficient (Wildman–Crippen LogP) is 5.60. The van der Waals surface area contributed by atoms with Gasteiger partial charge in [-0.2, -0.15) is 0 Å². The molecular formula is C26H37N3O3Si. The Morgan fingerprint density at radius 3 is 2.15 bits per heavy atom. The third-order valence-corrected chi connectivity index (χ3v) is 8.23. The van der Waals surface area contributed by atoms with E-state index in [2.05, 4.69) is 52.3 Å². The number of carbonyl (C=O) groups excluding carboxylic acids is 2. The Hall–Kier alpha value is -2.54. The molecule has 1 heterocycles. The van der Waals surface area contributed by atoms with Gasteiger partial charge in [-0.1, -0.05) is 47.3 Å². The Balaban J connectivity index is 1.75. The minimum Gasteiger partial charge on any atom is -0.462 e. The molecule has 178 valence electrons. The summed E-state index contributed by atoms with van der Waals surface area (Å²) in [5, 5.41) is 0. The molecule has 0 fully saturated rings. The van der Waals surface area contributed by atoms with Crippen LogP contribution < -0.4 is 4.90 Å². The fourth-order valence-electron chi connectivity index (χ4n) is 3.96. The van der Waals surface area contributed by atoms with Gasteiger partial charge >= 0.3 is 5.97 Å². The normalized spacial score (nSPS) is 16.6. The maximum atomic E-state index is 13.2. The fourth-order valence-corrected chi connectivity index (χ4v) is 4.68. The average Bonchev–Trinajstić information content (AvgIpc) is 2.75. The van der Waals surface area contributed by atoms with Gasteiger partial charge in [-0.05, 0) is 43.2 Å². The number of carbonyl (C=O) groups is 2. The predicted molar refractivity (Wildman–Crippen MR) is 135 cm³/mol. The molecule has 0 saturated carbocycles. The number of rotatable bonds is 6. The molecule has 1 aromatic heterocycles. The van der Waals surface area contributed by atoms with Crippen LogP contribution in [0.1, 0.15) is 72.8 Å². The van der Waals surface area contributed by atoms with Crippen LogP contribution in [0.5, 0.6) is 0 Å². The molecule has 0 spiro atoms. The van der Waals surface area contributed by atoms with E-state index in [1.807, 2.05) is 0 Å². The second-order valence-electron chi connectivity index (χ2n) is 11.6. The Morgan fingerprint density at radius 2 is 1.58 bits per heavy atom. The van der Waals surface area contributed by atoms with Gasteiger partial charge < -0.3 is 9.64 Å². The Bertz CT molecular complexity index is 1040. The number of aromatic nitrogens is 2. The van der Waals surface area contributed by atoms with Crippen LogP contribution in [0, 0.1) is 0 Å². The molecular weight excluding hydrogens is 430 g/mol. The summed E-state index contributed by atoms with van der Waals surface area (Å²) in [5.74, 6) is -0.561. The van der Waals surface area contributed by atoms with Crippen molar-refractivity contribution in [2.75, 3.05) is 18.6 Å². The van der Waals surface area contributed by atoms with E-state index < -0.39 is 8.07 Å². The zero-order valence-electron chi connectivity index (χ0n) is 21.3. The van der Waals surface area contributed by atoms with E-state index in [1.165, 1.54) is 4.90 Å². The van der Waals surface area contributed by atoms with Crippen LogP contribution in [0.4, 0.5) is 5.69 Å². The first kappa shape index (κ1) is 25.1. The second-order valence-corrected chi connectivity index (χ2v) is 17.2.